The van der Waals surface area contributed by atoms with E-state index in [0.717, 1.165) is 5.56 Å². The number of nitro groups is 2. The summed E-state index contributed by atoms with van der Waals surface area (Å²) in [4.78, 5) is 37.7. The van der Waals surface area contributed by atoms with E-state index in [1.807, 2.05) is 0 Å². The van der Waals surface area contributed by atoms with Gasteiger partial charge in [0.1, 0.15) is 12.4 Å². The minimum atomic E-state index is -1.08. The highest BCUT2D eigenvalue weighted by atomic mass is 79.9. The highest BCUT2D eigenvalue weighted by molar-refractivity contribution is 9.10. The van der Waals surface area contributed by atoms with Gasteiger partial charge in [-0.3, -0.25) is 25.0 Å². The molecule has 3 aromatic rings. The fourth-order valence-corrected chi connectivity index (χ4v) is 3.42. The van der Waals surface area contributed by atoms with E-state index in [1.165, 1.54) is 18.2 Å². The van der Waals surface area contributed by atoms with Crippen molar-refractivity contribution in [3.05, 3.63) is 88.4 Å². The molecule has 176 valence electrons. The molecule has 0 saturated carbocycles. The minimum Gasteiger partial charge on any atom is -0.490 e. The lowest BCUT2D eigenvalue weighted by molar-refractivity contribution is -0.387. The summed E-state index contributed by atoms with van der Waals surface area (Å²) in [5.74, 6) is -0.247. The number of H-pyrrole nitrogens is 1. The van der Waals surface area contributed by atoms with Crippen molar-refractivity contribution < 1.29 is 24.4 Å². The SMILES string of the molecule is CCOc1cc(/C=C\c2nc(O)c([N+](=O)[O-])c(=O)[nH]2)cc(Br)c1OCc1ccc([N+](=O)[O-])cc1. The number of rotatable bonds is 9. The zero-order chi connectivity index (χ0) is 24.8. The third-order valence-corrected chi connectivity index (χ3v) is 4.96. The average molecular weight is 533 g/mol. The lowest BCUT2D eigenvalue weighted by atomic mass is 10.1. The van der Waals surface area contributed by atoms with Gasteiger partial charge < -0.3 is 19.6 Å². The first kappa shape index (κ1) is 24.4. The first-order chi connectivity index (χ1) is 16.2. The summed E-state index contributed by atoms with van der Waals surface area (Å²) in [5.41, 5.74) is -0.806. The van der Waals surface area contributed by atoms with Crippen LogP contribution in [0.25, 0.3) is 12.2 Å². The molecule has 1 aromatic heterocycles. The Kier molecular flexibility index (Phi) is 7.58. The van der Waals surface area contributed by atoms with Crippen LogP contribution in [0.5, 0.6) is 17.4 Å². The van der Waals surface area contributed by atoms with Crippen LogP contribution >= 0.6 is 15.9 Å². The van der Waals surface area contributed by atoms with Crippen LogP contribution in [0.15, 0.2) is 45.7 Å². The second-order valence-corrected chi connectivity index (χ2v) is 7.54. The number of ether oxygens (including phenoxy) is 2. The highest BCUT2D eigenvalue weighted by Gasteiger charge is 2.21. The predicted molar refractivity (Wildman–Crippen MR) is 125 cm³/mol. The summed E-state index contributed by atoms with van der Waals surface area (Å²) >= 11 is 3.43. The predicted octanol–water partition coefficient (Wildman–Crippen LogP) is 4.20. The van der Waals surface area contributed by atoms with Crippen molar-refractivity contribution in [1.82, 2.24) is 9.97 Å². The Morgan fingerprint density at radius 1 is 1.12 bits per heavy atom. The zero-order valence-corrected chi connectivity index (χ0v) is 19.1. The Balaban J connectivity index is 1.83. The molecular weight excluding hydrogens is 516 g/mol. The van der Waals surface area contributed by atoms with Crippen LogP contribution in [0.4, 0.5) is 11.4 Å². The molecule has 0 atom stereocenters. The monoisotopic (exact) mass is 532 g/mol. The third-order valence-electron chi connectivity index (χ3n) is 4.37. The van der Waals surface area contributed by atoms with Crippen LogP contribution in [0.3, 0.4) is 0 Å². The molecule has 0 spiro atoms. The number of hydrogen-bond donors (Lipinski definition) is 2. The average Bonchev–Trinajstić information content (AvgIpc) is 2.77. The van der Waals surface area contributed by atoms with E-state index in [-0.39, 0.29) is 18.1 Å². The maximum absolute atomic E-state index is 11.8. The van der Waals surface area contributed by atoms with Gasteiger partial charge in [0.15, 0.2) is 11.5 Å². The maximum atomic E-state index is 11.8. The Labute approximate surface area is 199 Å². The van der Waals surface area contributed by atoms with Crippen molar-refractivity contribution in [1.29, 1.82) is 0 Å². The number of halogens is 1. The molecule has 1 heterocycles. The summed E-state index contributed by atoms with van der Waals surface area (Å²) < 4.78 is 12.1. The third kappa shape index (κ3) is 5.75. The Morgan fingerprint density at radius 2 is 1.82 bits per heavy atom. The van der Waals surface area contributed by atoms with Crippen LogP contribution in [0.1, 0.15) is 23.9 Å². The Morgan fingerprint density at radius 3 is 2.41 bits per heavy atom. The van der Waals surface area contributed by atoms with Crippen molar-refractivity contribution in [3.8, 4) is 17.4 Å². The minimum absolute atomic E-state index is 0.0201. The van der Waals surface area contributed by atoms with Gasteiger partial charge in [-0.2, -0.15) is 4.98 Å². The number of nitrogens with one attached hydrogen (secondary N) is 1. The molecule has 0 aliphatic rings. The quantitative estimate of drug-likeness (QED) is 0.302. The summed E-state index contributed by atoms with van der Waals surface area (Å²) in [7, 11) is 0. The molecular formula is C21H17BrN4O8. The molecule has 13 heteroatoms. The van der Waals surface area contributed by atoms with Crippen LogP contribution in [-0.4, -0.2) is 31.5 Å². The number of nitrogens with zero attached hydrogens (tertiary/aromatic N) is 3. The van der Waals surface area contributed by atoms with Crippen LogP contribution in [0, 0.1) is 20.2 Å². The maximum Gasteiger partial charge on any atom is 0.395 e. The number of aromatic amines is 1. The standard InChI is InChI=1S/C21H17BrN4O8/c1-2-33-16-10-13(5-8-17-23-20(27)18(26(31)32)21(28)24-17)9-15(22)19(16)34-11-12-3-6-14(7-4-12)25(29)30/h3-10H,2,11H2,1H3,(H2,23,24,27,28)/b8-5-. The normalized spacial score (nSPS) is 10.9. The van der Waals surface area contributed by atoms with E-state index < -0.39 is 27.0 Å². The van der Waals surface area contributed by atoms with Gasteiger partial charge in [0.05, 0.1) is 20.9 Å². The molecule has 12 nitrogen and oxygen atoms in total. The number of non-ortho nitro benzene ring substituents is 1. The highest BCUT2D eigenvalue weighted by Crippen LogP contribution is 2.38. The molecule has 0 saturated heterocycles. The molecule has 0 aliphatic carbocycles. The zero-order valence-electron chi connectivity index (χ0n) is 17.6. The molecule has 2 aromatic carbocycles. The lowest BCUT2D eigenvalue weighted by Gasteiger charge is -2.15. The van der Waals surface area contributed by atoms with E-state index >= 15 is 0 Å². The fraction of sp³-hybridized carbons (Fsp3) is 0.143. The summed E-state index contributed by atoms with van der Waals surface area (Å²) in [6, 6.07) is 9.33. The van der Waals surface area contributed by atoms with E-state index in [2.05, 4.69) is 25.9 Å². The second-order valence-electron chi connectivity index (χ2n) is 6.69. The fourth-order valence-electron chi connectivity index (χ4n) is 2.85. The molecule has 0 fully saturated rings. The number of aromatic hydroxyl groups is 1. The van der Waals surface area contributed by atoms with Gasteiger partial charge >= 0.3 is 11.2 Å². The van der Waals surface area contributed by atoms with Crippen molar-refractivity contribution >= 4 is 39.5 Å². The number of benzene rings is 2. The van der Waals surface area contributed by atoms with Crippen molar-refractivity contribution in [2.75, 3.05) is 6.61 Å². The molecule has 0 unspecified atom stereocenters. The van der Waals surface area contributed by atoms with Crippen molar-refractivity contribution in [2.24, 2.45) is 0 Å². The number of hydrogen-bond acceptors (Lipinski definition) is 9. The molecule has 0 amide bonds. The second kappa shape index (κ2) is 10.6. The molecule has 2 N–H and O–H groups in total. The van der Waals surface area contributed by atoms with Gasteiger partial charge in [0, 0.05) is 12.1 Å². The van der Waals surface area contributed by atoms with Crippen LogP contribution in [0.2, 0.25) is 0 Å². The Bertz CT molecular complexity index is 1320. The van der Waals surface area contributed by atoms with Gasteiger partial charge in [-0.25, -0.2) is 0 Å². The van der Waals surface area contributed by atoms with Gasteiger partial charge in [-0.1, -0.05) is 6.08 Å². The van der Waals surface area contributed by atoms with Crippen LogP contribution in [-0.2, 0) is 6.61 Å². The molecule has 34 heavy (non-hydrogen) atoms. The largest absolute Gasteiger partial charge is 0.490 e. The summed E-state index contributed by atoms with van der Waals surface area (Å²) in [6.45, 7) is 2.28. The van der Waals surface area contributed by atoms with Crippen molar-refractivity contribution in [2.45, 2.75) is 13.5 Å². The topological polar surface area (TPSA) is 171 Å². The van der Waals surface area contributed by atoms with Gasteiger partial charge in [0.25, 0.3) is 11.6 Å². The molecule has 0 aliphatic heterocycles. The number of nitro benzene ring substituents is 1. The van der Waals surface area contributed by atoms with Gasteiger partial charge in [-0.15, -0.1) is 0 Å². The lowest BCUT2D eigenvalue weighted by Crippen LogP contribution is -2.14. The first-order valence-electron chi connectivity index (χ1n) is 9.67. The van der Waals surface area contributed by atoms with Gasteiger partial charge in [0.2, 0.25) is 0 Å². The molecule has 0 bridgehead atoms. The Hall–Kier alpha value is -4.26. The summed E-state index contributed by atoms with van der Waals surface area (Å²) in [6.07, 6.45) is 2.91. The molecule has 3 rings (SSSR count). The molecule has 0 radical (unpaired) electrons. The van der Waals surface area contributed by atoms with Crippen molar-refractivity contribution in [3.63, 3.8) is 0 Å². The van der Waals surface area contributed by atoms with Gasteiger partial charge in [-0.05, 0) is 64.3 Å². The van der Waals surface area contributed by atoms with E-state index in [4.69, 9.17) is 9.47 Å². The van der Waals surface area contributed by atoms with Crippen LogP contribution < -0.4 is 15.0 Å². The summed E-state index contributed by atoms with van der Waals surface area (Å²) in [5, 5.41) is 31.2. The van der Waals surface area contributed by atoms with E-state index in [1.54, 1.807) is 37.3 Å². The van der Waals surface area contributed by atoms with E-state index in [9.17, 15) is 30.1 Å². The van der Waals surface area contributed by atoms with E-state index in [0.29, 0.717) is 28.1 Å². The smallest absolute Gasteiger partial charge is 0.395 e. The number of aromatic nitrogens is 2. The first-order valence-corrected chi connectivity index (χ1v) is 10.5.